The fourth-order valence-corrected chi connectivity index (χ4v) is 2.78. The number of amides is 1. The summed E-state index contributed by atoms with van der Waals surface area (Å²) in [6.45, 7) is 3.44. The standard InChI is InChI=1S/C17H20N2O8/c1-9(20)25-13-8-24-17(19-6-4-5-12(7-19)16(18)23)15(27-11(3)22)14(13)26-10(2)21/h4-7,13-15,17H,8H2,1-3H3,(H-,18,23)/p+1. The van der Waals surface area contributed by atoms with Gasteiger partial charge >= 0.3 is 24.1 Å². The van der Waals surface area contributed by atoms with Crippen LogP contribution in [-0.2, 0) is 33.3 Å². The molecular formula is C17H21N2O8+. The minimum atomic E-state index is -1.13. The number of aromatic nitrogens is 1. The molecule has 1 fully saturated rings. The lowest BCUT2D eigenvalue weighted by Gasteiger charge is -2.37. The second-order valence-corrected chi connectivity index (χ2v) is 5.92. The van der Waals surface area contributed by atoms with Crippen molar-refractivity contribution >= 4 is 23.8 Å². The van der Waals surface area contributed by atoms with Gasteiger partial charge in [0.15, 0.2) is 24.6 Å². The van der Waals surface area contributed by atoms with E-state index in [1.54, 1.807) is 12.3 Å². The summed E-state index contributed by atoms with van der Waals surface area (Å²) in [6, 6.07) is 3.07. The average Bonchev–Trinajstić information content (AvgIpc) is 2.56. The van der Waals surface area contributed by atoms with E-state index in [0.29, 0.717) is 0 Å². The molecule has 2 heterocycles. The first-order valence-electron chi connectivity index (χ1n) is 8.13. The Hall–Kier alpha value is -3.01. The Morgan fingerprint density at radius 2 is 1.63 bits per heavy atom. The van der Waals surface area contributed by atoms with E-state index in [9.17, 15) is 19.2 Å². The van der Waals surface area contributed by atoms with Crippen LogP contribution in [0, 0.1) is 0 Å². The molecule has 0 radical (unpaired) electrons. The highest BCUT2D eigenvalue weighted by atomic mass is 16.6. The second-order valence-electron chi connectivity index (χ2n) is 5.92. The highest BCUT2D eigenvalue weighted by Crippen LogP contribution is 2.27. The lowest BCUT2D eigenvalue weighted by Crippen LogP contribution is -2.61. The van der Waals surface area contributed by atoms with Crippen LogP contribution >= 0.6 is 0 Å². The lowest BCUT2D eigenvalue weighted by molar-refractivity contribution is -0.774. The van der Waals surface area contributed by atoms with Crippen molar-refractivity contribution in [2.24, 2.45) is 5.73 Å². The molecule has 1 aliphatic heterocycles. The van der Waals surface area contributed by atoms with Gasteiger partial charge in [-0.1, -0.05) is 0 Å². The van der Waals surface area contributed by atoms with Gasteiger partial charge in [-0.2, -0.15) is 4.57 Å². The van der Waals surface area contributed by atoms with Crippen molar-refractivity contribution in [3.8, 4) is 0 Å². The van der Waals surface area contributed by atoms with Crippen molar-refractivity contribution in [2.45, 2.75) is 45.3 Å². The number of rotatable bonds is 5. The molecule has 4 atom stereocenters. The van der Waals surface area contributed by atoms with E-state index in [4.69, 9.17) is 24.7 Å². The van der Waals surface area contributed by atoms with Crippen molar-refractivity contribution in [3.05, 3.63) is 30.1 Å². The van der Waals surface area contributed by atoms with E-state index in [-0.39, 0.29) is 12.2 Å². The Kier molecular flexibility index (Phi) is 6.45. The van der Waals surface area contributed by atoms with Crippen LogP contribution in [0.4, 0.5) is 0 Å². The van der Waals surface area contributed by atoms with Crippen molar-refractivity contribution < 1.29 is 42.7 Å². The zero-order valence-corrected chi connectivity index (χ0v) is 15.1. The van der Waals surface area contributed by atoms with Crippen molar-refractivity contribution in [1.82, 2.24) is 0 Å². The van der Waals surface area contributed by atoms with Crippen molar-refractivity contribution in [3.63, 3.8) is 0 Å². The molecule has 1 aliphatic rings. The number of nitrogens with zero attached hydrogens (tertiary/aromatic N) is 1. The monoisotopic (exact) mass is 381 g/mol. The van der Waals surface area contributed by atoms with Crippen LogP contribution in [0.25, 0.3) is 0 Å². The molecule has 10 nitrogen and oxygen atoms in total. The van der Waals surface area contributed by atoms with Gasteiger partial charge in [-0.05, 0) is 6.07 Å². The van der Waals surface area contributed by atoms with Gasteiger partial charge in [0.1, 0.15) is 5.56 Å². The van der Waals surface area contributed by atoms with E-state index in [1.165, 1.54) is 37.6 Å². The summed E-state index contributed by atoms with van der Waals surface area (Å²) < 4.78 is 22.9. The predicted octanol–water partition coefficient (Wildman–Crippen LogP) is -0.603. The van der Waals surface area contributed by atoms with Gasteiger partial charge in [-0.3, -0.25) is 19.2 Å². The Morgan fingerprint density at radius 1 is 1.04 bits per heavy atom. The number of pyridine rings is 1. The van der Waals surface area contributed by atoms with Gasteiger partial charge in [0.05, 0.1) is 6.61 Å². The van der Waals surface area contributed by atoms with Gasteiger partial charge in [0, 0.05) is 26.8 Å². The van der Waals surface area contributed by atoms with Crippen LogP contribution in [0.2, 0.25) is 0 Å². The third-order valence-electron chi connectivity index (χ3n) is 3.72. The molecule has 2 rings (SSSR count). The summed E-state index contributed by atoms with van der Waals surface area (Å²) >= 11 is 0. The quantitative estimate of drug-likeness (QED) is 0.406. The van der Waals surface area contributed by atoms with E-state index in [2.05, 4.69) is 0 Å². The normalized spacial score (nSPS) is 24.6. The average molecular weight is 381 g/mol. The molecule has 10 heteroatoms. The predicted molar refractivity (Wildman–Crippen MR) is 86.8 cm³/mol. The largest absolute Gasteiger partial charge is 0.456 e. The third-order valence-corrected chi connectivity index (χ3v) is 3.72. The molecule has 1 aromatic heterocycles. The maximum Gasteiger partial charge on any atom is 0.304 e. The Balaban J connectivity index is 2.42. The third kappa shape index (κ3) is 5.23. The van der Waals surface area contributed by atoms with Gasteiger partial charge in [0.25, 0.3) is 5.91 Å². The molecule has 2 N–H and O–H groups in total. The summed E-state index contributed by atoms with van der Waals surface area (Å²) in [5.41, 5.74) is 5.49. The zero-order valence-electron chi connectivity index (χ0n) is 15.1. The second kappa shape index (κ2) is 8.58. The molecule has 146 valence electrons. The highest BCUT2D eigenvalue weighted by molar-refractivity contribution is 5.92. The van der Waals surface area contributed by atoms with Crippen molar-refractivity contribution in [2.75, 3.05) is 6.61 Å². The summed E-state index contributed by atoms with van der Waals surface area (Å²) in [4.78, 5) is 46.0. The van der Waals surface area contributed by atoms with E-state index in [1.807, 2.05) is 0 Å². The Morgan fingerprint density at radius 3 is 2.19 bits per heavy atom. The first kappa shape index (κ1) is 20.3. The fourth-order valence-electron chi connectivity index (χ4n) is 2.78. The first-order valence-corrected chi connectivity index (χ1v) is 8.13. The van der Waals surface area contributed by atoms with Crippen LogP contribution in [0.1, 0.15) is 37.4 Å². The summed E-state index contributed by atoms with van der Waals surface area (Å²) in [5, 5.41) is 0. The van der Waals surface area contributed by atoms with Crippen molar-refractivity contribution in [1.29, 1.82) is 0 Å². The van der Waals surface area contributed by atoms with Crippen LogP contribution in [-0.4, -0.2) is 48.7 Å². The number of primary amides is 1. The smallest absolute Gasteiger partial charge is 0.304 e. The molecule has 4 unspecified atom stereocenters. The molecule has 1 amide bonds. The van der Waals surface area contributed by atoms with Crippen LogP contribution in [0.5, 0.6) is 0 Å². The maximum absolute atomic E-state index is 11.6. The molecule has 0 saturated carbocycles. The Labute approximate surface area is 155 Å². The maximum atomic E-state index is 11.6. The van der Waals surface area contributed by atoms with Crippen LogP contribution < -0.4 is 10.3 Å². The summed E-state index contributed by atoms with van der Waals surface area (Å²) in [5.74, 6) is -2.56. The Bertz CT molecular complexity index is 750. The molecular weight excluding hydrogens is 360 g/mol. The van der Waals surface area contributed by atoms with Gasteiger partial charge in [0.2, 0.25) is 6.10 Å². The minimum absolute atomic E-state index is 0.117. The lowest BCUT2D eigenvalue weighted by atomic mass is 10.0. The SMILES string of the molecule is CC(=O)OC1COC([n+]2cccc(C(N)=O)c2)C(OC(C)=O)C1OC(C)=O. The molecule has 0 spiro atoms. The van der Waals surface area contributed by atoms with Gasteiger partial charge < -0.3 is 24.7 Å². The number of nitrogens with two attached hydrogens (primary N) is 1. The number of carbonyl (C=O) groups is 4. The summed E-state index contributed by atoms with van der Waals surface area (Å²) in [6.07, 6.45) is -1.14. The number of hydrogen-bond donors (Lipinski definition) is 1. The van der Waals surface area contributed by atoms with Crippen LogP contribution in [0.15, 0.2) is 24.5 Å². The molecule has 0 aliphatic carbocycles. The number of hydrogen-bond acceptors (Lipinski definition) is 8. The highest BCUT2D eigenvalue weighted by Gasteiger charge is 2.51. The van der Waals surface area contributed by atoms with E-state index >= 15 is 0 Å². The van der Waals surface area contributed by atoms with E-state index < -0.39 is 48.4 Å². The van der Waals surface area contributed by atoms with Crippen LogP contribution in [0.3, 0.4) is 0 Å². The van der Waals surface area contributed by atoms with Gasteiger partial charge in [-0.15, -0.1) is 0 Å². The van der Waals surface area contributed by atoms with E-state index in [0.717, 1.165) is 0 Å². The van der Waals surface area contributed by atoms with Gasteiger partial charge in [-0.25, -0.2) is 0 Å². The molecule has 0 aromatic carbocycles. The molecule has 1 saturated heterocycles. The zero-order chi connectivity index (χ0) is 20.1. The molecule has 0 bridgehead atoms. The number of ether oxygens (including phenoxy) is 4. The number of esters is 3. The topological polar surface area (TPSA) is 135 Å². The molecule has 1 aromatic rings. The molecule has 27 heavy (non-hydrogen) atoms. The fraction of sp³-hybridized carbons (Fsp3) is 0.471. The minimum Gasteiger partial charge on any atom is -0.456 e. The number of carbonyl (C=O) groups excluding carboxylic acids is 4. The summed E-state index contributed by atoms with van der Waals surface area (Å²) in [7, 11) is 0. The first-order chi connectivity index (χ1) is 12.7.